The van der Waals surface area contributed by atoms with Crippen molar-refractivity contribution in [3.8, 4) is 0 Å². The summed E-state index contributed by atoms with van der Waals surface area (Å²) in [5.74, 6) is 0. The first-order valence-corrected chi connectivity index (χ1v) is 3.04. The van der Waals surface area contributed by atoms with Gasteiger partial charge in [0.2, 0.25) is 5.36 Å². The monoisotopic (exact) mass is 150 g/mol. The van der Waals surface area contributed by atoms with Crippen molar-refractivity contribution in [2.75, 3.05) is 0 Å². The van der Waals surface area contributed by atoms with Gasteiger partial charge >= 0.3 is 10.6 Å². The lowest BCUT2D eigenvalue weighted by molar-refractivity contribution is 1.03. The van der Waals surface area contributed by atoms with E-state index in [1.165, 1.54) is 6.33 Å². The highest BCUT2D eigenvalue weighted by atomic mass is 32.1. The van der Waals surface area contributed by atoms with E-state index in [1.54, 1.807) is 6.20 Å². The standard InChI is InChI=1S/C5H2N4S/c10-5-8-3-1-6-2-7-4(3)9-5/h1-2H/q+1. The smallest absolute Gasteiger partial charge is 0.225 e. The van der Waals surface area contributed by atoms with Crippen LogP contribution in [0.25, 0.3) is 0 Å². The summed E-state index contributed by atoms with van der Waals surface area (Å²) in [5, 5.41) is 0.989. The minimum absolute atomic E-state index is 0.329. The molecule has 1 aromatic rings. The largest absolute Gasteiger partial charge is 0.366 e. The summed E-state index contributed by atoms with van der Waals surface area (Å²) in [6.45, 7) is 0. The molecule has 1 aliphatic rings. The van der Waals surface area contributed by atoms with Gasteiger partial charge in [0.1, 0.15) is 0 Å². The van der Waals surface area contributed by atoms with Gasteiger partial charge in [0, 0.05) is 12.2 Å². The van der Waals surface area contributed by atoms with Gasteiger partial charge in [0.15, 0.2) is 6.33 Å². The Bertz CT molecular complexity index is 359. The van der Waals surface area contributed by atoms with Crippen LogP contribution in [0.5, 0.6) is 0 Å². The van der Waals surface area contributed by atoms with Gasteiger partial charge in [-0.1, -0.05) is 9.98 Å². The van der Waals surface area contributed by atoms with Gasteiger partial charge in [0.05, 0.1) is 6.20 Å². The zero-order valence-electron chi connectivity index (χ0n) is 4.85. The van der Waals surface area contributed by atoms with E-state index in [-0.39, 0.29) is 0 Å². The summed E-state index contributed by atoms with van der Waals surface area (Å²) in [5.41, 5.74) is 0.569. The second-order valence-corrected chi connectivity index (χ2v) is 2.10. The predicted molar refractivity (Wildman–Crippen MR) is 36.6 cm³/mol. The molecule has 5 heteroatoms. The van der Waals surface area contributed by atoms with Crippen LogP contribution in [0.2, 0.25) is 0 Å². The summed E-state index contributed by atoms with van der Waals surface area (Å²) in [6, 6.07) is 0. The van der Waals surface area contributed by atoms with Crippen molar-refractivity contribution >= 4 is 17.3 Å². The third-order valence-corrected chi connectivity index (χ3v) is 1.27. The molecule has 0 aliphatic carbocycles. The van der Waals surface area contributed by atoms with Gasteiger partial charge in [-0.3, -0.25) is 0 Å². The predicted octanol–water partition coefficient (Wildman–Crippen LogP) is -1.65. The number of hydrogen-bond donors (Lipinski definition) is 0. The van der Waals surface area contributed by atoms with Crippen LogP contribution in [-0.2, 0) is 0 Å². The van der Waals surface area contributed by atoms with E-state index in [0.29, 0.717) is 16.0 Å². The van der Waals surface area contributed by atoms with Gasteiger partial charge in [-0.25, -0.2) is 4.98 Å². The Labute approximate surface area is 61.4 Å². The Balaban J connectivity index is 2.96. The third kappa shape index (κ3) is 0.714. The Morgan fingerprint density at radius 3 is 3.20 bits per heavy atom. The van der Waals surface area contributed by atoms with E-state index < -0.39 is 0 Å². The maximum Gasteiger partial charge on any atom is 0.366 e. The summed E-state index contributed by atoms with van der Waals surface area (Å²) in [4.78, 5) is 15.4. The summed E-state index contributed by atoms with van der Waals surface area (Å²) in [7, 11) is 0. The fourth-order valence-electron chi connectivity index (χ4n) is 0.699. The molecule has 0 saturated carbocycles. The molecule has 0 amide bonds. The molecule has 0 saturated heterocycles. The summed E-state index contributed by atoms with van der Waals surface area (Å²) < 4.78 is 0. The van der Waals surface area contributed by atoms with Crippen LogP contribution >= 0.6 is 12.2 Å². The second-order valence-electron chi connectivity index (χ2n) is 1.74. The van der Waals surface area contributed by atoms with Gasteiger partial charge in [0.25, 0.3) is 0 Å². The molecule has 0 N–H and O–H groups in total. The molecule has 1 aromatic heterocycles. The van der Waals surface area contributed by atoms with Crippen LogP contribution in [0, 0.1) is 0 Å². The van der Waals surface area contributed by atoms with Crippen molar-refractivity contribution in [3.05, 3.63) is 23.4 Å². The molecular formula is C5H2N4S+. The molecule has 1 radical (unpaired) electrons. The van der Waals surface area contributed by atoms with Crippen LogP contribution in [0.15, 0.2) is 17.5 Å². The quantitative estimate of drug-likeness (QED) is 0.416. The van der Waals surface area contributed by atoms with E-state index in [2.05, 4.69) is 20.0 Å². The van der Waals surface area contributed by atoms with E-state index in [1.807, 2.05) is 0 Å². The molecule has 0 aromatic carbocycles. The number of hydrogen-bond acceptors (Lipinski definition) is 3. The van der Waals surface area contributed by atoms with Crippen molar-refractivity contribution in [1.82, 2.24) is 15.0 Å². The summed E-state index contributed by atoms with van der Waals surface area (Å²) >= 11 is 4.72. The van der Waals surface area contributed by atoms with Crippen molar-refractivity contribution < 1.29 is 0 Å². The molecule has 0 bridgehead atoms. The van der Waals surface area contributed by atoms with E-state index >= 15 is 0 Å². The van der Waals surface area contributed by atoms with Crippen LogP contribution in [-0.4, -0.2) is 15.1 Å². The molecule has 0 fully saturated rings. The first-order valence-electron chi connectivity index (χ1n) is 2.64. The number of thiocarbonyl (C=S) groups is 1. The number of aromatic nitrogens is 2. The number of rotatable bonds is 0. The minimum Gasteiger partial charge on any atom is -0.225 e. The lowest BCUT2D eigenvalue weighted by Gasteiger charge is -1.65. The van der Waals surface area contributed by atoms with Crippen LogP contribution in [0.1, 0.15) is 0 Å². The lowest BCUT2D eigenvalue weighted by Crippen LogP contribution is -2.28. The van der Waals surface area contributed by atoms with Crippen molar-refractivity contribution in [2.24, 2.45) is 4.99 Å². The molecule has 0 spiro atoms. The van der Waals surface area contributed by atoms with Crippen molar-refractivity contribution in [2.45, 2.75) is 0 Å². The Morgan fingerprint density at radius 1 is 1.50 bits per heavy atom. The fourth-order valence-corrected chi connectivity index (χ4v) is 0.884. The summed E-state index contributed by atoms with van der Waals surface area (Å²) in [6.07, 6.45) is 3.01. The molecule has 1 aliphatic heterocycles. The Hall–Kier alpha value is -1.23. The average Bonchev–Trinajstić information content (AvgIpc) is 2.27. The van der Waals surface area contributed by atoms with Gasteiger partial charge < -0.3 is 0 Å². The highest BCUT2D eigenvalue weighted by Crippen LogP contribution is 1.71. The zero-order valence-corrected chi connectivity index (χ0v) is 5.67. The molecule has 0 unspecified atom stereocenters. The molecule has 47 valence electrons. The Kier molecular flexibility index (Phi) is 1.04. The number of nitrogens with zero attached hydrogens (tertiary/aromatic N) is 4. The Morgan fingerprint density at radius 2 is 2.40 bits per heavy atom. The fraction of sp³-hybridized carbons (Fsp3) is 0. The SMILES string of the molecule is S=C1N=c2cncnc2=[N+]1. The van der Waals surface area contributed by atoms with Gasteiger partial charge in [-0.05, 0) is 4.99 Å². The van der Waals surface area contributed by atoms with Gasteiger partial charge in [-0.15, -0.1) is 0 Å². The topological polar surface area (TPSA) is 52.2 Å². The zero-order chi connectivity index (χ0) is 6.97. The highest BCUT2D eigenvalue weighted by molar-refractivity contribution is 7.80. The van der Waals surface area contributed by atoms with Crippen molar-refractivity contribution in [3.63, 3.8) is 0 Å². The molecular weight excluding hydrogens is 148 g/mol. The minimum atomic E-state index is 0.329. The molecule has 2 rings (SSSR count). The first-order chi connectivity index (χ1) is 4.86. The second kappa shape index (κ2) is 1.88. The highest BCUT2D eigenvalue weighted by Gasteiger charge is 2.12. The maximum absolute atomic E-state index is 4.72. The van der Waals surface area contributed by atoms with Crippen LogP contribution in [0.3, 0.4) is 0 Å². The number of fused-ring (bicyclic) bond motifs is 1. The maximum atomic E-state index is 4.72. The molecule has 4 nitrogen and oxygen atoms in total. The molecule has 0 atom stereocenters. The first kappa shape index (κ1) is 5.55. The van der Waals surface area contributed by atoms with E-state index in [4.69, 9.17) is 12.2 Å². The van der Waals surface area contributed by atoms with Crippen molar-refractivity contribution in [1.29, 1.82) is 0 Å². The van der Waals surface area contributed by atoms with E-state index in [9.17, 15) is 0 Å². The third-order valence-electron chi connectivity index (χ3n) is 1.09. The van der Waals surface area contributed by atoms with Crippen LogP contribution in [0.4, 0.5) is 0 Å². The molecule has 2 heterocycles. The lowest BCUT2D eigenvalue weighted by atomic mass is 10.6. The van der Waals surface area contributed by atoms with E-state index in [0.717, 1.165) is 0 Å². The normalized spacial score (nSPS) is 13.8. The van der Waals surface area contributed by atoms with Crippen LogP contribution < -0.4 is 15.8 Å². The average molecular weight is 150 g/mol. The molecule has 10 heavy (non-hydrogen) atoms. The van der Waals surface area contributed by atoms with Gasteiger partial charge in [-0.2, -0.15) is 0 Å².